The fourth-order valence-corrected chi connectivity index (χ4v) is 4.51. The molecule has 4 aromatic rings. The Balaban J connectivity index is 1.09. The zero-order chi connectivity index (χ0) is 25.9. The summed E-state index contributed by atoms with van der Waals surface area (Å²) < 4.78 is 20.6. The normalized spacial score (nSPS) is 14.4. The van der Waals surface area contributed by atoms with Gasteiger partial charge in [0.05, 0.1) is 35.9 Å². The van der Waals surface area contributed by atoms with E-state index < -0.39 is 5.91 Å². The number of aromatic nitrogens is 5. The van der Waals surface area contributed by atoms with Crippen LogP contribution in [0.2, 0.25) is 0 Å². The van der Waals surface area contributed by atoms with Crippen LogP contribution in [0.1, 0.15) is 23.2 Å². The second kappa shape index (κ2) is 10.4. The van der Waals surface area contributed by atoms with Gasteiger partial charge in [0.1, 0.15) is 23.8 Å². The lowest BCUT2D eigenvalue weighted by Crippen LogP contribution is -2.47. The molecular weight excluding hydrogens is 479 g/mol. The summed E-state index contributed by atoms with van der Waals surface area (Å²) in [6.45, 7) is 2.08. The molecule has 0 atom stereocenters. The minimum absolute atomic E-state index is 0.0391. The molecule has 1 aliphatic heterocycles. The average Bonchev–Trinajstić information content (AvgIpc) is 3.32. The molecule has 2 aromatic carbocycles. The molecule has 2 N–H and O–H groups in total. The topological polar surface area (TPSA) is 132 Å². The first kappa shape index (κ1) is 24.5. The maximum atomic E-state index is 13.4. The zero-order valence-electron chi connectivity index (χ0n) is 20.4. The van der Waals surface area contributed by atoms with E-state index in [0.29, 0.717) is 34.2 Å². The van der Waals surface area contributed by atoms with E-state index in [0.717, 1.165) is 31.7 Å². The van der Waals surface area contributed by atoms with E-state index in [1.54, 1.807) is 47.1 Å². The molecule has 1 saturated heterocycles. The number of primary amides is 1. The first-order chi connectivity index (χ1) is 17.9. The van der Waals surface area contributed by atoms with Crippen molar-refractivity contribution in [2.45, 2.75) is 25.4 Å². The molecular formula is C25H27FN8O3. The van der Waals surface area contributed by atoms with Crippen LogP contribution in [0.3, 0.4) is 0 Å². The number of piperidine rings is 1. The first-order valence-corrected chi connectivity index (χ1v) is 12.0. The van der Waals surface area contributed by atoms with Crippen LogP contribution >= 0.6 is 0 Å². The molecule has 1 aliphatic rings. The van der Waals surface area contributed by atoms with Gasteiger partial charge < -0.3 is 20.3 Å². The van der Waals surface area contributed by atoms with Crippen LogP contribution in [0.4, 0.5) is 10.2 Å². The van der Waals surface area contributed by atoms with Crippen molar-refractivity contribution in [3.63, 3.8) is 0 Å². The molecule has 0 saturated carbocycles. The molecule has 2 aromatic heterocycles. The summed E-state index contributed by atoms with van der Waals surface area (Å²) >= 11 is 0. The Morgan fingerprint density at radius 1 is 1.14 bits per heavy atom. The van der Waals surface area contributed by atoms with E-state index in [1.165, 1.54) is 12.1 Å². The highest BCUT2D eigenvalue weighted by Gasteiger charge is 2.26. The van der Waals surface area contributed by atoms with Gasteiger partial charge in [0, 0.05) is 37.8 Å². The predicted molar refractivity (Wildman–Crippen MR) is 134 cm³/mol. The number of fused-ring (bicyclic) bond motifs is 2. The van der Waals surface area contributed by atoms with Gasteiger partial charge in [-0.25, -0.2) is 14.1 Å². The molecule has 0 radical (unpaired) electrons. The molecule has 37 heavy (non-hydrogen) atoms. The van der Waals surface area contributed by atoms with E-state index in [4.69, 9.17) is 10.5 Å². The molecule has 11 nitrogen and oxygen atoms in total. The number of carbonyl (C=O) groups is 2. The number of carbonyl (C=O) groups excluding carboxylic acids is 2. The van der Waals surface area contributed by atoms with E-state index in [-0.39, 0.29) is 31.0 Å². The second-order valence-corrected chi connectivity index (χ2v) is 9.02. The Kier molecular flexibility index (Phi) is 6.91. The molecule has 0 spiro atoms. The summed E-state index contributed by atoms with van der Waals surface area (Å²) in [4.78, 5) is 37.0. The third-order valence-electron chi connectivity index (χ3n) is 6.69. The summed E-state index contributed by atoms with van der Waals surface area (Å²) in [6.07, 6.45) is 3.24. The van der Waals surface area contributed by atoms with Crippen molar-refractivity contribution in [2.24, 2.45) is 5.73 Å². The van der Waals surface area contributed by atoms with Crippen molar-refractivity contribution in [3.8, 4) is 0 Å². The monoisotopic (exact) mass is 506 g/mol. The van der Waals surface area contributed by atoms with Crippen LogP contribution in [0.15, 0.2) is 42.6 Å². The van der Waals surface area contributed by atoms with Gasteiger partial charge in [-0.3, -0.25) is 14.6 Å². The fourth-order valence-electron chi connectivity index (χ4n) is 4.51. The number of hydrogen-bond acceptors (Lipinski definition) is 8. The summed E-state index contributed by atoms with van der Waals surface area (Å²) in [7, 11) is 1.80. The smallest absolute Gasteiger partial charge is 0.248 e. The number of rotatable bonds is 8. The van der Waals surface area contributed by atoms with Crippen molar-refractivity contribution in [1.82, 2.24) is 29.9 Å². The Labute approximate surface area is 212 Å². The van der Waals surface area contributed by atoms with Crippen molar-refractivity contribution >= 4 is 39.7 Å². The second-order valence-electron chi connectivity index (χ2n) is 9.02. The van der Waals surface area contributed by atoms with Crippen LogP contribution < -0.4 is 10.6 Å². The molecule has 12 heteroatoms. The van der Waals surface area contributed by atoms with Crippen molar-refractivity contribution in [3.05, 3.63) is 54.0 Å². The van der Waals surface area contributed by atoms with Gasteiger partial charge in [-0.15, -0.1) is 5.10 Å². The standard InChI is InChI=1S/C25H27FN8O3/c1-32(18-6-8-33(9-7-18)23-14-28-21-13-17(26)3-5-19(21)29-23)24(35)15-37-11-10-34-22-12-16(25(27)36)2-4-20(22)30-31-34/h2-5,12-14,18H,6-11,15H2,1H3,(H2,27,36). The van der Waals surface area contributed by atoms with E-state index >= 15 is 0 Å². The summed E-state index contributed by atoms with van der Waals surface area (Å²) in [5.41, 5.74) is 8.23. The summed E-state index contributed by atoms with van der Waals surface area (Å²) in [5, 5.41) is 8.15. The summed E-state index contributed by atoms with van der Waals surface area (Å²) in [5.74, 6) is -0.200. The summed E-state index contributed by atoms with van der Waals surface area (Å²) in [6, 6.07) is 9.42. The number of hydrogen-bond donors (Lipinski definition) is 1. The minimum atomic E-state index is -0.521. The molecule has 0 aliphatic carbocycles. The van der Waals surface area contributed by atoms with Crippen LogP contribution in [-0.2, 0) is 16.1 Å². The Hall–Kier alpha value is -4.19. The number of halogens is 1. The van der Waals surface area contributed by atoms with Gasteiger partial charge in [0.25, 0.3) is 0 Å². The number of nitrogens with two attached hydrogens (primary N) is 1. The number of amides is 2. The van der Waals surface area contributed by atoms with Crippen LogP contribution in [0.5, 0.6) is 0 Å². The van der Waals surface area contributed by atoms with Crippen LogP contribution in [-0.4, -0.2) is 81.1 Å². The highest BCUT2D eigenvalue weighted by Crippen LogP contribution is 2.22. The molecule has 0 bridgehead atoms. The zero-order valence-corrected chi connectivity index (χ0v) is 20.4. The third-order valence-corrected chi connectivity index (χ3v) is 6.69. The number of nitrogens with zero attached hydrogens (tertiary/aromatic N) is 7. The van der Waals surface area contributed by atoms with Crippen molar-refractivity contribution in [2.75, 3.05) is 38.3 Å². The SMILES string of the molecule is CN(C(=O)COCCn1nnc2ccc(C(N)=O)cc21)C1CCN(c2cnc3cc(F)ccc3n2)CC1. The Bertz CT molecular complexity index is 1450. The largest absolute Gasteiger partial charge is 0.370 e. The van der Waals surface area contributed by atoms with Gasteiger partial charge in [-0.2, -0.15) is 0 Å². The first-order valence-electron chi connectivity index (χ1n) is 12.0. The Morgan fingerprint density at radius 2 is 1.92 bits per heavy atom. The number of likely N-dealkylation sites (N-methyl/N-ethyl adjacent to an activating group) is 1. The van der Waals surface area contributed by atoms with E-state index in [1.807, 2.05) is 0 Å². The molecule has 1 fully saturated rings. The van der Waals surface area contributed by atoms with E-state index in [2.05, 4.69) is 25.2 Å². The maximum Gasteiger partial charge on any atom is 0.248 e. The van der Waals surface area contributed by atoms with Crippen LogP contribution in [0, 0.1) is 5.82 Å². The fraction of sp³-hybridized carbons (Fsp3) is 0.360. The van der Waals surface area contributed by atoms with Gasteiger partial charge >= 0.3 is 0 Å². The highest BCUT2D eigenvalue weighted by molar-refractivity contribution is 5.96. The number of anilines is 1. The lowest BCUT2D eigenvalue weighted by Gasteiger charge is -2.37. The number of benzene rings is 2. The number of ether oxygens (including phenoxy) is 1. The maximum absolute atomic E-state index is 13.4. The van der Waals surface area contributed by atoms with Gasteiger partial charge in [0.2, 0.25) is 11.8 Å². The molecule has 0 unspecified atom stereocenters. The van der Waals surface area contributed by atoms with Gasteiger partial charge in [-0.1, -0.05) is 5.21 Å². The third kappa shape index (κ3) is 5.33. The quantitative estimate of drug-likeness (QED) is 0.358. The average molecular weight is 507 g/mol. The van der Waals surface area contributed by atoms with Gasteiger partial charge in [0.15, 0.2) is 0 Å². The lowest BCUT2D eigenvalue weighted by atomic mass is 10.0. The predicted octanol–water partition coefficient (Wildman–Crippen LogP) is 1.76. The van der Waals surface area contributed by atoms with Crippen LogP contribution in [0.25, 0.3) is 22.1 Å². The lowest BCUT2D eigenvalue weighted by molar-refractivity contribution is -0.137. The minimum Gasteiger partial charge on any atom is -0.370 e. The van der Waals surface area contributed by atoms with Crippen molar-refractivity contribution < 1.29 is 18.7 Å². The molecule has 2 amide bonds. The van der Waals surface area contributed by atoms with Gasteiger partial charge in [-0.05, 0) is 43.2 Å². The highest BCUT2D eigenvalue weighted by atomic mass is 19.1. The molecule has 5 rings (SSSR count). The Morgan fingerprint density at radius 3 is 2.70 bits per heavy atom. The molecule has 3 heterocycles. The molecule has 192 valence electrons. The van der Waals surface area contributed by atoms with Crippen molar-refractivity contribution in [1.29, 1.82) is 0 Å². The van der Waals surface area contributed by atoms with E-state index in [9.17, 15) is 14.0 Å².